The van der Waals surface area contributed by atoms with E-state index in [1.807, 2.05) is 12.2 Å². The van der Waals surface area contributed by atoms with Crippen molar-refractivity contribution >= 4 is 3.21 Å². The smallest absolute Gasteiger partial charge is 0.109 e. The van der Waals surface area contributed by atoms with Gasteiger partial charge < -0.3 is 24.8 Å². The average molecular weight is 362 g/mol. The summed E-state index contributed by atoms with van der Waals surface area (Å²) in [6.45, 7) is 8.46. The van der Waals surface area contributed by atoms with Gasteiger partial charge >= 0.3 is 41.3 Å². The number of hydrogen-bond donors (Lipinski definition) is 0. The van der Waals surface area contributed by atoms with E-state index in [4.69, 9.17) is 0 Å². The third-order valence-electron chi connectivity index (χ3n) is 1.95. The first-order chi connectivity index (χ1) is 7.54. The second kappa shape index (κ2) is 15.4. The van der Waals surface area contributed by atoms with Gasteiger partial charge in [-0.2, -0.15) is 12.2 Å². The van der Waals surface area contributed by atoms with Crippen LogP contribution in [0.4, 0.5) is 0 Å². The van der Waals surface area contributed by atoms with Crippen LogP contribution in [0.3, 0.4) is 0 Å². The van der Waals surface area contributed by atoms with Crippen molar-refractivity contribution in [2.24, 2.45) is 0 Å². The van der Waals surface area contributed by atoms with E-state index in [0.717, 1.165) is 12.8 Å². The summed E-state index contributed by atoms with van der Waals surface area (Å²) >= 11 is 1.55. The van der Waals surface area contributed by atoms with E-state index in [1.54, 1.807) is 24.2 Å². The maximum Gasteiger partial charge on any atom is -0.109 e. The van der Waals surface area contributed by atoms with Crippen molar-refractivity contribution in [2.75, 3.05) is 0 Å². The van der Waals surface area contributed by atoms with Gasteiger partial charge in [0.1, 0.15) is 0 Å². The molecule has 0 fully saturated rings. The van der Waals surface area contributed by atoms with Gasteiger partial charge in [0.2, 0.25) is 0 Å². The van der Waals surface area contributed by atoms with Crippen molar-refractivity contribution in [3.63, 3.8) is 0 Å². The molecule has 2 rings (SSSR count). The second-order valence-corrected chi connectivity index (χ2v) is 6.35. The molecule has 18 heavy (non-hydrogen) atoms. The predicted molar refractivity (Wildman–Crippen MR) is 68.7 cm³/mol. The molecule has 0 heterocycles. The first kappa shape index (κ1) is 23.4. The summed E-state index contributed by atoms with van der Waals surface area (Å²) in [6.07, 6.45) is 16.4. The molecule has 0 saturated heterocycles. The van der Waals surface area contributed by atoms with E-state index in [2.05, 4.69) is 52.0 Å². The molecule has 0 aromatic heterocycles. The van der Waals surface area contributed by atoms with Gasteiger partial charge in [0.25, 0.3) is 0 Å². The summed E-state index contributed by atoms with van der Waals surface area (Å²) in [7, 11) is 0. The molecule has 0 aromatic rings. The Balaban J connectivity index is -0.000000185. The second-order valence-electron chi connectivity index (χ2n) is 3.90. The third kappa shape index (κ3) is 16.3. The van der Waals surface area contributed by atoms with Gasteiger partial charge in [-0.15, -0.1) is 19.8 Å². The molecular weight excluding hydrogens is 342 g/mol. The van der Waals surface area contributed by atoms with Crippen molar-refractivity contribution in [3.05, 3.63) is 47.6 Å². The Bertz CT molecular complexity index is 306. The zero-order chi connectivity index (χ0) is 12.4. The van der Waals surface area contributed by atoms with Crippen LogP contribution >= 0.6 is 0 Å². The van der Waals surface area contributed by atoms with Crippen LogP contribution in [-0.2, 0) is 24.2 Å². The topological polar surface area (TPSA) is 0 Å². The van der Waals surface area contributed by atoms with E-state index in [1.165, 1.54) is 14.4 Å². The summed E-state index contributed by atoms with van der Waals surface area (Å²) in [6, 6.07) is 0. The van der Waals surface area contributed by atoms with Crippen LogP contribution in [0.1, 0.15) is 40.5 Å². The van der Waals surface area contributed by atoms with Gasteiger partial charge in [0.05, 0.1) is 0 Å². The van der Waals surface area contributed by atoms with Gasteiger partial charge in [0.15, 0.2) is 0 Å². The molecule has 2 aliphatic carbocycles. The minimum Gasteiger partial charge on any atom is -1.00 e. The van der Waals surface area contributed by atoms with E-state index < -0.39 is 0 Å². The third-order valence-corrected chi connectivity index (χ3v) is 1.95. The van der Waals surface area contributed by atoms with E-state index in [-0.39, 0.29) is 24.8 Å². The van der Waals surface area contributed by atoms with Gasteiger partial charge in [-0.25, -0.2) is 23.3 Å². The minimum absolute atomic E-state index is 0. The van der Waals surface area contributed by atoms with Crippen LogP contribution in [0.2, 0.25) is 0 Å². The van der Waals surface area contributed by atoms with E-state index in [0.29, 0.717) is 0 Å². The molecule has 100 valence electrons. The van der Waals surface area contributed by atoms with E-state index in [9.17, 15) is 0 Å². The maximum atomic E-state index is 3.19. The zero-order valence-electron chi connectivity index (χ0n) is 11.5. The molecule has 0 atom stereocenters. The van der Waals surface area contributed by atoms with Crippen LogP contribution in [0.5, 0.6) is 0 Å². The molecule has 0 aliphatic heterocycles. The molecule has 0 radical (unpaired) electrons. The molecule has 3 heteroatoms. The number of allylic oxidation sites excluding steroid dienone is 8. The molecule has 0 N–H and O–H groups in total. The molecule has 0 spiro atoms. The largest absolute Gasteiger partial charge is 1.00 e. The normalized spacial score (nSPS) is 13.9. The fourth-order valence-electron chi connectivity index (χ4n) is 0.990. The Morgan fingerprint density at radius 1 is 1.17 bits per heavy atom. The summed E-state index contributed by atoms with van der Waals surface area (Å²) in [4.78, 5) is 0. The van der Waals surface area contributed by atoms with Crippen molar-refractivity contribution in [2.45, 2.75) is 40.5 Å². The molecule has 0 bridgehead atoms. The summed E-state index contributed by atoms with van der Waals surface area (Å²) in [5, 5.41) is 0. The summed E-state index contributed by atoms with van der Waals surface area (Å²) in [5.74, 6) is 0. The molecule has 0 nitrogen and oxygen atoms in total. The van der Waals surface area contributed by atoms with Crippen LogP contribution < -0.4 is 24.8 Å². The number of rotatable bonds is 0. The Kier molecular flexibility index (Phi) is 19.9. The quantitative estimate of drug-likeness (QED) is 0.444. The summed E-state index contributed by atoms with van der Waals surface area (Å²) < 4.78 is 1.51. The molecule has 0 aromatic carbocycles. The molecule has 0 saturated carbocycles. The summed E-state index contributed by atoms with van der Waals surface area (Å²) in [5.41, 5.74) is 2.71. The van der Waals surface area contributed by atoms with Crippen molar-refractivity contribution in [1.29, 1.82) is 0 Å². The Hall–Kier alpha value is 0.293. The maximum absolute atomic E-state index is 3.19. The minimum atomic E-state index is 0. The fourth-order valence-corrected chi connectivity index (χ4v) is 0.990. The molecule has 0 unspecified atom stereocenters. The van der Waals surface area contributed by atoms with Crippen LogP contribution in [0.25, 0.3) is 0 Å². The SMILES string of the molecule is CC1=[C-]CC=C1C.C[C](C)=[Zr+2].[C-]1=CC=CC1.[Cl-].[Cl-]. The van der Waals surface area contributed by atoms with Crippen molar-refractivity contribution < 1.29 is 49.0 Å². The van der Waals surface area contributed by atoms with Crippen LogP contribution in [0.15, 0.2) is 35.5 Å². The monoisotopic (exact) mass is 360 g/mol. The molecule has 2 aliphatic rings. The van der Waals surface area contributed by atoms with Crippen molar-refractivity contribution in [1.82, 2.24) is 0 Å². The predicted octanol–water partition coefficient (Wildman–Crippen LogP) is -1.86. The van der Waals surface area contributed by atoms with Gasteiger partial charge in [0, 0.05) is 0 Å². The first-order valence-corrected chi connectivity index (χ1v) is 6.75. The molecular formula is C15H20Cl2Zr-2. The Morgan fingerprint density at radius 2 is 1.72 bits per heavy atom. The van der Waals surface area contributed by atoms with Crippen LogP contribution in [-0.4, -0.2) is 3.21 Å². The van der Waals surface area contributed by atoms with Gasteiger partial charge in [-0.3, -0.25) is 12.2 Å². The first-order valence-electron chi connectivity index (χ1n) is 5.52. The van der Waals surface area contributed by atoms with Gasteiger partial charge in [-0.1, -0.05) is 6.92 Å². The zero-order valence-corrected chi connectivity index (χ0v) is 15.4. The van der Waals surface area contributed by atoms with Crippen molar-refractivity contribution in [3.8, 4) is 0 Å². The standard InChI is InChI=1S/C7H9.C5H5.C3H6.2ClH.Zr/c1-6-4-3-5-7(6)2;1-2-4-5-3-1;1-3-2;;;/h4H,3H2,1-2H3;1-3H,4H2;1-2H3;2*1H;/q2*-1;;;;+2/p-2. The number of halogens is 2. The average Bonchev–Trinajstić information content (AvgIpc) is 2.81. The Morgan fingerprint density at radius 3 is 1.83 bits per heavy atom. The molecule has 0 amide bonds. The van der Waals surface area contributed by atoms with Gasteiger partial charge in [-0.05, 0) is 0 Å². The Labute approximate surface area is 139 Å². The van der Waals surface area contributed by atoms with Crippen LogP contribution in [0, 0.1) is 12.2 Å². The van der Waals surface area contributed by atoms with E-state index >= 15 is 0 Å². The number of hydrogen-bond acceptors (Lipinski definition) is 0. The fraction of sp³-hybridized carbons (Fsp3) is 0.400.